The van der Waals surface area contributed by atoms with E-state index in [2.05, 4.69) is 24.0 Å². The van der Waals surface area contributed by atoms with Crippen LogP contribution < -0.4 is 15.4 Å². The maximum Gasteiger partial charge on any atom is 0.144 e. The molecule has 1 aromatic carbocycles. The molecule has 1 aliphatic rings. The second-order valence-electron chi connectivity index (χ2n) is 5.97. The molecular formula is C17H28N2O2. The average molecular weight is 292 g/mol. The summed E-state index contributed by atoms with van der Waals surface area (Å²) in [6.07, 6.45) is 3.86. The summed E-state index contributed by atoms with van der Waals surface area (Å²) in [4.78, 5) is 2.37. The first-order valence-electron chi connectivity index (χ1n) is 8.03. The third-order valence-corrected chi connectivity index (χ3v) is 3.66. The van der Waals surface area contributed by atoms with Gasteiger partial charge in [0.25, 0.3) is 0 Å². The molecular weight excluding hydrogens is 264 g/mol. The van der Waals surface area contributed by atoms with Gasteiger partial charge < -0.3 is 20.1 Å². The highest BCUT2D eigenvalue weighted by Crippen LogP contribution is 2.30. The second-order valence-corrected chi connectivity index (χ2v) is 5.97. The van der Waals surface area contributed by atoms with Crippen LogP contribution in [-0.2, 0) is 4.74 Å². The zero-order valence-electron chi connectivity index (χ0n) is 13.5. The van der Waals surface area contributed by atoms with Gasteiger partial charge in [0.1, 0.15) is 5.75 Å². The number of nitrogens with two attached hydrogens (primary N) is 1. The van der Waals surface area contributed by atoms with E-state index in [0.29, 0.717) is 11.8 Å². The van der Waals surface area contributed by atoms with E-state index in [9.17, 15) is 0 Å². The van der Waals surface area contributed by atoms with Gasteiger partial charge in [-0.2, -0.15) is 0 Å². The van der Waals surface area contributed by atoms with Crippen LogP contribution in [0.25, 0.3) is 0 Å². The predicted molar refractivity (Wildman–Crippen MR) is 88.1 cm³/mol. The zero-order valence-corrected chi connectivity index (χ0v) is 13.5. The second kappa shape index (κ2) is 7.55. The molecule has 1 fully saturated rings. The van der Waals surface area contributed by atoms with Gasteiger partial charge in [-0.25, -0.2) is 0 Å². The van der Waals surface area contributed by atoms with Crippen LogP contribution in [0.2, 0.25) is 0 Å². The zero-order chi connectivity index (χ0) is 15.2. The molecule has 4 nitrogen and oxygen atoms in total. The van der Waals surface area contributed by atoms with Crippen LogP contribution in [0.15, 0.2) is 18.2 Å². The number of hydrogen-bond donors (Lipinski definition) is 1. The Kier molecular flexibility index (Phi) is 5.74. The highest BCUT2D eigenvalue weighted by Gasteiger charge is 2.21. The molecule has 0 amide bonds. The first kappa shape index (κ1) is 16.0. The SMILES string of the molecule is CCCOC1CCCN(c2ccc(N)c(OC(C)C)c2)C1. The number of anilines is 2. The fourth-order valence-corrected chi connectivity index (χ4v) is 2.67. The topological polar surface area (TPSA) is 47.7 Å². The molecule has 1 saturated heterocycles. The number of piperidine rings is 1. The maximum absolute atomic E-state index is 5.99. The molecule has 0 bridgehead atoms. The molecule has 0 aromatic heterocycles. The molecule has 2 rings (SSSR count). The summed E-state index contributed by atoms with van der Waals surface area (Å²) in [5, 5.41) is 0. The predicted octanol–water partition coefficient (Wildman–Crippen LogP) is 3.45. The standard InChI is InChI=1S/C17H28N2O2/c1-4-10-20-15-6-5-9-19(12-15)14-7-8-16(18)17(11-14)21-13(2)3/h7-8,11,13,15H,4-6,9-10,12,18H2,1-3H3. The minimum absolute atomic E-state index is 0.129. The van der Waals surface area contributed by atoms with Gasteiger partial charge in [-0.1, -0.05) is 6.92 Å². The van der Waals surface area contributed by atoms with Crippen molar-refractivity contribution in [2.45, 2.75) is 52.2 Å². The molecule has 118 valence electrons. The van der Waals surface area contributed by atoms with Crippen LogP contribution in [0.3, 0.4) is 0 Å². The monoisotopic (exact) mass is 292 g/mol. The summed E-state index contributed by atoms with van der Waals surface area (Å²) in [5.74, 6) is 0.777. The molecule has 4 heteroatoms. The highest BCUT2D eigenvalue weighted by molar-refractivity contribution is 5.62. The number of ether oxygens (including phenoxy) is 2. The fourth-order valence-electron chi connectivity index (χ4n) is 2.67. The maximum atomic E-state index is 5.99. The first-order valence-corrected chi connectivity index (χ1v) is 8.03. The molecule has 0 aliphatic carbocycles. The van der Waals surface area contributed by atoms with Gasteiger partial charge in [-0.3, -0.25) is 0 Å². The summed E-state index contributed by atoms with van der Waals surface area (Å²) in [6, 6.07) is 6.06. The number of nitrogen functional groups attached to an aromatic ring is 1. The van der Waals surface area contributed by atoms with Crippen LogP contribution in [0.4, 0.5) is 11.4 Å². The third-order valence-electron chi connectivity index (χ3n) is 3.66. The van der Waals surface area contributed by atoms with Crippen LogP contribution in [0.1, 0.15) is 40.0 Å². The van der Waals surface area contributed by atoms with Crippen molar-refractivity contribution in [2.24, 2.45) is 0 Å². The number of hydrogen-bond acceptors (Lipinski definition) is 4. The quantitative estimate of drug-likeness (QED) is 0.816. The van der Waals surface area contributed by atoms with Crippen LogP contribution in [0, 0.1) is 0 Å². The van der Waals surface area contributed by atoms with E-state index in [1.54, 1.807) is 0 Å². The van der Waals surface area contributed by atoms with Crippen molar-refractivity contribution in [2.75, 3.05) is 30.3 Å². The van der Waals surface area contributed by atoms with Crippen molar-refractivity contribution >= 4 is 11.4 Å². The Morgan fingerprint density at radius 3 is 2.90 bits per heavy atom. The van der Waals surface area contributed by atoms with Gasteiger partial charge in [0.15, 0.2) is 0 Å². The van der Waals surface area contributed by atoms with Gasteiger partial charge in [-0.15, -0.1) is 0 Å². The Bertz CT molecular complexity index is 448. The molecule has 1 aromatic rings. The molecule has 0 radical (unpaired) electrons. The fraction of sp³-hybridized carbons (Fsp3) is 0.647. The van der Waals surface area contributed by atoms with Gasteiger partial charge in [0, 0.05) is 31.5 Å². The van der Waals surface area contributed by atoms with Crippen LogP contribution >= 0.6 is 0 Å². The van der Waals surface area contributed by atoms with E-state index >= 15 is 0 Å². The summed E-state index contributed by atoms with van der Waals surface area (Å²) < 4.78 is 11.7. The Hall–Kier alpha value is -1.42. The summed E-state index contributed by atoms with van der Waals surface area (Å²) in [6.45, 7) is 9.05. The molecule has 2 N–H and O–H groups in total. The van der Waals surface area contributed by atoms with Gasteiger partial charge in [0.05, 0.1) is 17.9 Å². The minimum atomic E-state index is 0.129. The van der Waals surface area contributed by atoms with E-state index in [1.165, 1.54) is 12.1 Å². The van der Waals surface area contributed by atoms with Crippen molar-refractivity contribution in [1.29, 1.82) is 0 Å². The number of rotatable bonds is 6. The molecule has 1 heterocycles. The highest BCUT2D eigenvalue weighted by atomic mass is 16.5. The smallest absolute Gasteiger partial charge is 0.144 e. The Labute approximate surface area is 128 Å². The number of nitrogens with zero attached hydrogens (tertiary/aromatic N) is 1. The molecule has 1 unspecified atom stereocenters. The van der Waals surface area contributed by atoms with Gasteiger partial charge in [-0.05, 0) is 45.2 Å². The number of benzene rings is 1. The van der Waals surface area contributed by atoms with Gasteiger partial charge >= 0.3 is 0 Å². The van der Waals surface area contributed by atoms with E-state index in [1.807, 2.05) is 19.9 Å². The third kappa shape index (κ3) is 4.53. The Morgan fingerprint density at radius 1 is 1.38 bits per heavy atom. The molecule has 21 heavy (non-hydrogen) atoms. The van der Waals surface area contributed by atoms with Crippen molar-refractivity contribution in [1.82, 2.24) is 0 Å². The Morgan fingerprint density at radius 2 is 2.19 bits per heavy atom. The largest absolute Gasteiger partial charge is 0.489 e. The molecule has 0 spiro atoms. The lowest BCUT2D eigenvalue weighted by molar-refractivity contribution is 0.0440. The van der Waals surface area contributed by atoms with E-state index < -0.39 is 0 Å². The van der Waals surface area contributed by atoms with Crippen LogP contribution in [-0.4, -0.2) is 31.9 Å². The van der Waals surface area contributed by atoms with Crippen molar-refractivity contribution in [3.05, 3.63) is 18.2 Å². The lowest BCUT2D eigenvalue weighted by Gasteiger charge is -2.34. The summed E-state index contributed by atoms with van der Waals surface area (Å²) in [5.41, 5.74) is 7.86. The molecule has 0 saturated carbocycles. The minimum Gasteiger partial charge on any atom is -0.489 e. The normalized spacial score (nSPS) is 19.0. The average Bonchev–Trinajstić information content (AvgIpc) is 2.47. The lowest BCUT2D eigenvalue weighted by atomic mass is 10.1. The van der Waals surface area contributed by atoms with Crippen molar-refractivity contribution in [3.8, 4) is 5.75 Å². The molecule has 1 aliphatic heterocycles. The summed E-state index contributed by atoms with van der Waals surface area (Å²) in [7, 11) is 0. The van der Waals surface area contributed by atoms with Crippen LogP contribution in [0.5, 0.6) is 5.75 Å². The Balaban J connectivity index is 2.06. The molecule has 1 atom stereocenters. The summed E-state index contributed by atoms with van der Waals surface area (Å²) >= 11 is 0. The van der Waals surface area contributed by atoms with E-state index in [-0.39, 0.29) is 6.10 Å². The van der Waals surface area contributed by atoms with Crippen molar-refractivity contribution < 1.29 is 9.47 Å². The van der Waals surface area contributed by atoms with Gasteiger partial charge in [0.2, 0.25) is 0 Å². The first-order chi connectivity index (χ1) is 10.1. The lowest BCUT2D eigenvalue weighted by Crippen LogP contribution is -2.39. The van der Waals surface area contributed by atoms with Crippen molar-refractivity contribution in [3.63, 3.8) is 0 Å². The van der Waals surface area contributed by atoms with E-state index in [4.69, 9.17) is 15.2 Å². The van der Waals surface area contributed by atoms with E-state index in [0.717, 1.165) is 38.3 Å².